The van der Waals surface area contributed by atoms with Crippen LogP contribution in [0.3, 0.4) is 0 Å². The number of carbonyl (C=O) groups excluding carboxylic acids is 1. The van der Waals surface area contributed by atoms with E-state index < -0.39 is 0 Å². The van der Waals surface area contributed by atoms with E-state index in [4.69, 9.17) is 0 Å². The number of hydrogen-bond donors (Lipinski definition) is 1. The molecule has 0 radical (unpaired) electrons. The summed E-state index contributed by atoms with van der Waals surface area (Å²) in [5.41, 5.74) is 0.693. The molecule has 4 heteroatoms. The van der Waals surface area contributed by atoms with E-state index in [9.17, 15) is 9.18 Å². The molecule has 1 aromatic carbocycles. The van der Waals surface area contributed by atoms with Crippen LogP contribution < -0.4 is 5.32 Å². The molecule has 116 valence electrons. The Morgan fingerprint density at radius 2 is 2.14 bits per heavy atom. The molecule has 0 bridgehead atoms. The fourth-order valence-corrected chi connectivity index (χ4v) is 2.85. The van der Waals surface area contributed by atoms with E-state index >= 15 is 0 Å². The van der Waals surface area contributed by atoms with Crippen molar-refractivity contribution in [3.05, 3.63) is 35.6 Å². The fraction of sp³-hybridized carbons (Fsp3) is 0.588. The van der Waals surface area contributed by atoms with Gasteiger partial charge in [0.2, 0.25) is 5.91 Å². The number of amides is 1. The van der Waals surface area contributed by atoms with Crippen LogP contribution in [0.25, 0.3) is 0 Å². The monoisotopic (exact) mass is 292 g/mol. The summed E-state index contributed by atoms with van der Waals surface area (Å²) in [6.45, 7) is 7.74. The Hall–Kier alpha value is -1.42. The van der Waals surface area contributed by atoms with Crippen LogP contribution in [0.1, 0.15) is 32.8 Å². The number of piperazine rings is 1. The highest BCUT2D eigenvalue weighted by atomic mass is 19.1. The van der Waals surface area contributed by atoms with E-state index in [-0.39, 0.29) is 23.7 Å². The molecule has 1 aliphatic heterocycles. The molecule has 3 unspecified atom stereocenters. The highest BCUT2D eigenvalue weighted by Crippen LogP contribution is 2.18. The fourth-order valence-electron chi connectivity index (χ4n) is 2.85. The summed E-state index contributed by atoms with van der Waals surface area (Å²) in [6, 6.07) is 7.33. The van der Waals surface area contributed by atoms with Gasteiger partial charge >= 0.3 is 0 Å². The Balaban J connectivity index is 1.92. The molecule has 0 saturated carbocycles. The summed E-state index contributed by atoms with van der Waals surface area (Å²) in [5, 5.41) is 3.38. The van der Waals surface area contributed by atoms with Gasteiger partial charge in [0.25, 0.3) is 0 Å². The van der Waals surface area contributed by atoms with Crippen LogP contribution in [0, 0.1) is 11.7 Å². The number of hydrogen-bond acceptors (Lipinski definition) is 2. The van der Waals surface area contributed by atoms with Crippen molar-refractivity contribution in [1.82, 2.24) is 10.2 Å². The quantitative estimate of drug-likeness (QED) is 0.925. The smallest absolute Gasteiger partial charge is 0.225 e. The van der Waals surface area contributed by atoms with Gasteiger partial charge in [-0.2, -0.15) is 0 Å². The molecule has 1 aliphatic rings. The summed E-state index contributed by atoms with van der Waals surface area (Å²) in [7, 11) is 0. The van der Waals surface area contributed by atoms with Gasteiger partial charge in [-0.05, 0) is 38.3 Å². The molecule has 3 nitrogen and oxygen atoms in total. The molecule has 21 heavy (non-hydrogen) atoms. The first-order valence-electron chi connectivity index (χ1n) is 7.78. The molecule has 0 spiro atoms. The Bertz CT molecular complexity index is 491. The normalized spacial score (nSPS) is 23.9. The first kappa shape index (κ1) is 16.0. The van der Waals surface area contributed by atoms with Crippen LogP contribution in [0.5, 0.6) is 0 Å². The van der Waals surface area contributed by atoms with Gasteiger partial charge in [0, 0.05) is 31.1 Å². The van der Waals surface area contributed by atoms with Crippen molar-refractivity contribution < 1.29 is 9.18 Å². The van der Waals surface area contributed by atoms with E-state index in [0.717, 1.165) is 13.1 Å². The summed E-state index contributed by atoms with van der Waals surface area (Å²) in [5.74, 6) is -0.0640. The largest absolute Gasteiger partial charge is 0.337 e. The van der Waals surface area contributed by atoms with Crippen LogP contribution in [-0.2, 0) is 11.2 Å². The highest BCUT2D eigenvalue weighted by molar-refractivity contribution is 5.79. The van der Waals surface area contributed by atoms with Crippen molar-refractivity contribution in [2.75, 3.05) is 13.1 Å². The Labute approximate surface area is 126 Å². The number of nitrogens with one attached hydrogen (secondary N) is 1. The minimum Gasteiger partial charge on any atom is -0.337 e. The maximum absolute atomic E-state index is 13.6. The molecule has 1 saturated heterocycles. The van der Waals surface area contributed by atoms with Crippen molar-refractivity contribution in [2.45, 2.75) is 45.7 Å². The average Bonchev–Trinajstić information content (AvgIpc) is 2.48. The number of halogens is 1. The first-order valence-corrected chi connectivity index (χ1v) is 7.78. The lowest BCUT2D eigenvalue weighted by atomic mass is 9.97. The first-order chi connectivity index (χ1) is 10.0. The zero-order chi connectivity index (χ0) is 15.4. The third kappa shape index (κ3) is 3.82. The zero-order valence-corrected chi connectivity index (χ0v) is 13.1. The number of rotatable bonds is 4. The van der Waals surface area contributed by atoms with E-state index in [1.165, 1.54) is 6.07 Å². The molecular formula is C17H25FN2O. The number of aryl methyl sites for hydroxylation is 1. The summed E-state index contributed by atoms with van der Waals surface area (Å²) < 4.78 is 13.6. The van der Waals surface area contributed by atoms with Gasteiger partial charge in [-0.25, -0.2) is 4.39 Å². The van der Waals surface area contributed by atoms with Crippen LogP contribution in [0.2, 0.25) is 0 Å². The van der Waals surface area contributed by atoms with E-state index in [1.807, 2.05) is 17.9 Å². The average molecular weight is 292 g/mol. The minimum atomic E-state index is -0.179. The number of benzene rings is 1. The van der Waals surface area contributed by atoms with Gasteiger partial charge < -0.3 is 10.2 Å². The van der Waals surface area contributed by atoms with E-state index in [0.29, 0.717) is 24.4 Å². The van der Waals surface area contributed by atoms with Gasteiger partial charge in [-0.1, -0.05) is 25.1 Å². The molecule has 1 aromatic rings. The third-order valence-electron chi connectivity index (χ3n) is 4.54. The second-order valence-corrected chi connectivity index (χ2v) is 6.05. The Morgan fingerprint density at radius 1 is 1.43 bits per heavy atom. The lowest BCUT2D eigenvalue weighted by molar-refractivity contribution is -0.138. The second-order valence-electron chi connectivity index (χ2n) is 6.05. The Morgan fingerprint density at radius 3 is 2.86 bits per heavy atom. The predicted molar refractivity (Wildman–Crippen MR) is 82.5 cm³/mol. The van der Waals surface area contributed by atoms with Gasteiger partial charge in [0.15, 0.2) is 0 Å². The molecule has 1 amide bonds. The lowest BCUT2D eigenvalue weighted by Gasteiger charge is -2.40. The molecule has 1 heterocycles. The second kappa shape index (κ2) is 7.03. The zero-order valence-electron chi connectivity index (χ0n) is 13.1. The molecule has 2 rings (SSSR count). The van der Waals surface area contributed by atoms with Gasteiger partial charge in [0.1, 0.15) is 5.82 Å². The standard InChI is InChI=1S/C17H25FN2O/c1-12(8-9-15-6-4-5-7-16(15)18)17(21)20-11-10-19-13(2)14(20)3/h4-7,12-14,19H,8-11H2,1-3H3. The number of carbonyl (C=O) groups is 1. The topological polar surface area (TPSA) is 32.3 Å². The SMILES string of the molecule is CC(CCc1ccccc1F)C(=O)N1CCNC(C)C1C. The maximum Gasteiger partial charge on any atom is 0.225 e. The number of nitrogens with zero attached hydrogens (tertiary/aromatic N) is 1. The maximum atomic E-state index is 13.6. The van der Waals surface area contributed by atoms with Crippen molar-refractivity contribution in [3.63, 3.8) is 0 Å². The van der Waals surface area contributed by atoms with Crippen molar-refractivity contribution in [3.8, 4) is 0 Å². The third-order valence-corrected chi connectivity index (χ3v) is 4.54. The van der Waals surface area contributed by atoms with Gasteiger partial charge in [-0.15, -0.1) is 0 Å². The van der Waals surface area contributed by atoms with Crippen molar-refractivity contribution >= 4 is 5.91 Å². The summed E-state index contributed by atoms with van der Waals surface area (Å²) >= 11 is 0. The molecule has 1 fully saturated rings. The summed E-state index contributed by atoms with van der Waals surface area (Å²) in [4.78, 5) is 14.5. The van der Waals surface area contributed by atoms with Gasteiger partial charge in [-0.3, -0.25) is 4.79 Å². The van der Waals surface area contributed by atoms with Crippen LogP contribution >= 0.6 is 0 Å². The van der Waals surface area contributed by atoms with Crippen LogP contribution in [0.15, 0.2) is 24.3 Å². The van der Waals surface area contributed by atoms with Crippen LogP contribution in [0.4, 0.5) is 4.39 Å². The van der Waals surface area contributed by atoms with E-state index in [2.05, 4.69) is 19.2 Å². The molecule has 0 aromatic heterocycles. The predicted octanol–water partition coefficient (Wildman–Crippen LogP) is 2.60. The van der Waals surface area contributed by atoms with Crippen molar-refractivity contribution in [1.29, 1.82) is 0 Å². The van der Waals surface area contributed by atoms with E-state index in [1.54, 1.807) is 12.1 Å². The van der Waals surface area contributed by atoms with Gasteiger partial charge in [0.05, 0.1) is 0 Å². The molecule has 1 N–H and O–H groups in total. The highest BCUT2D eigenvalue weighted by Gasteiger charge is 2.30. The molecule has 3 atom stereocenters. The minimum absolute atomic E-state index is 0.0719. The summed E-state index contributed by atoms with van der Waals surface area (Å²) in [6.07, 6.45) is 1.29. The van der Waals surface area contributed by atoms with Crippen LogP contribution in [-0.4, -0.2) is 36.0 Å². The molecule has 0 aliphatic carbocycles. The van der Waals surface area contributed by atoms with Crippen molar-refractivity contribution in [2.24, 2.45) is 5.92 Å². The molecular weight excluding hydrogens is 267 g/mol. The Kier molecular flexibility index (Phi) is 5.34. The lowest BCUT2D eigenvalue weighted by Crippen LogP contribution is -2.58.